The van der Waals surface area contributed by atoms with E-state index in [1.54, 1.807) is 4.90 Å². The summed E-state index contributed by atoms with van der Waals surface area (Å²) in [7, 11) is -3.93. The largest absolute Gasteiger partial charge is 0.438 e. The van der Waals surface area contributed by atoms with Gasteiger partial charge in [-0.1, -0.05) is 30.3 Å². The summed E-state index contributed by atoms with van der Waals surface area (Å²) >= 11 is 0. The lowest BCUT2D eigenvalue weighted by molar-refractivity contribution is 0.0653. The molecule has 0 saturated carbocycles. The minimum absolute atomic E-state index is 0.0144. The van der Waals surface area contributed by atoms with Crippen molar-refractivity contribution in [3.8, 4) is 0 Å². The highest BCUT2D eigenvalue weighted by atomic mass is 32.2. The summed E-state index contributed by atoms with van der Waals surface area (Å²) in [4.78, 5) is 14.1. The van der Waals surface area contributed by atoms with E-state index in [4.69, 9.17) is 9.56 Å². The Morgan fingerprint density at radius 2 is 1.79 bits per heavy atom. The molecule has 0 spiro atoms. The number of hydrogen-bond donors (Lipinski definition) is 1. The lowest BCUT2D eigenvalue weighted by atomic mass is 9.90. The third-order valence-electron chi connectivity index (χ3n) is 4.34. The van der Waals surface area contributed by atoms with E-state index in [-0.39, 0.29) is 16.8 Å². The van der Waals surface area contributed by atoms with Crippen molar-refractivity contribution in [1.29, 1.82) is 0 Å². The minimum Gasteiger partial charge on any atom is -0.438 e. The van der Waals surface area contributed by atoms with E-state index in [9.17, 15) is 13.2 Å². The van der Waals surface area contributed by atoms with Crippen molar-refractivity contribution in [1.82, 2.24) is 4.90 Å². The van der Waals surface area contributed by atoms with Crippen LogP contribution in [0.15, 0.2) is 52.0 Å². The Morgan fingerprint density at radius 3 is 2.38 bits per heavy atom. The average molecular weight is 348 g/mol. The van der Waals surface area contributed by atoms with Gasteiger partial charge in [0.25, 0.3) is 15.9 Å². The summed E-state index contributed by atoms with van der Waals surface area (Å²) in [5, 5.41) is 4.61. The maximum atomic E-state index is 12.4. The molecule has 0 bridgehead atoms. The van der Waals surface area contributed by atoms with E-state index < -0.39 is 10.0 Å². The first-order chi connectivity index (χ1) is 11.4. The molecule has 2 heterocycles. The summed E-state index contributed by atoms with van der Waals surface area (Å²) in [5.41, 5.74) is 1.31. The van der Waals surface area contributed by atoms with Crippen LogP contribution in [0, 0.1) is 5.92 Å². The highest BCUT2D eigenvalue weighted by molar-refractivity contribution is 7.89. The number of hydrogen-bond acceptors (Lipinski definition) is 4. The van der Waals surface area contributed by atoms with Crippen molar-refractivity contribution in [2.75, 3.05) is 13.1 Å². The van der Waals surface area contributed by atoms with E-state index in [1.165, 1.54) is 17.7 Å². The molecular formula is C17H20N2O4S. The van der Waals surface area contributed by atoms with Gasteiger partial charge in [-0.05, 0) is 42.9 Å². The molecule has 0 atom stereocenters. The number of nitrogens with zero attached hydrogens (tertiary/aromatic N) is 1. The van der Waals surface area contributed by atoms with Crippen LogP contribution >= 0.6 is 0 Å². The van der Waals surface area contributed by atoms with Gasteiger partial charge in [0, 0.05) is 13.1 Å². The number of amides is 1. The number of sulfonamides is 1. The molecule has 1 aliphatic rings. The molecule has 24 heavy (non-hydrogen) atoms. The maximum Gasteiger partial charge on any atom is 0.289 e. The van der Waals surface area contributed by atoms with Crippen LogP contribution in [0.3, 0.4) is 0 Å². The Morgan fingerprint density at radius 1 is 1.12 bits per heavy atom. The molecule has 1 fully saturated rings. The number of piperidine rings is 1. The molecule has 1 aromatic carbocycles. The number of carbonyl (C=O) groups is 1. The number of nitrogens with two attached hydrogens (primary N) is 1. The highest BCUT2D eigenvalue weighted by Crippen LogP contribution is 2.23. The van der Waals surface area contributed by atoms with Gasteiger partial charge in [-0.25, -0.2) is 13.6 Å². The van der Waals surface area contributed by atoms with E-state index in [0.29, 0.717) is 19.0 Å². The standard InChI is InChI=1S/C17H20N2O4S/c18-24(21,22)16-7-6-15(23-16)17(20)19-10-8-14(9-11-19)12-13-4-2-1-3-5-13/h1-7,14H,8-12H2,(H2,18,21,22). The Hall–Kier alpha value is -2.12. The zero-order valence-electron chi connectivity index (χ0n) is 13.2. The molecular weight excluding hydrogens is 328 g/mol. The fraction of sp³-hybridized carbons (Fsp3) is 0.353. The second kappa shape index (κ2) is 6.78. The lowest BCUT2D eigenvalue weighted by Gasteiger charge is -2.31. The third-order valence-corrected chi connectivity index (χ3v) is 5.12. The normalized spacial score (nSPS) is 16.3. The molecule has 2 N–H and O–H groups in total. The van der Waals surface area contributed by atoms with Crippen molar-refractivity contribution in [3.63, 3.8) is 0 Å². The number of likely N-dealkylation sites (tertiary alicyclic amines) is 1. The zero-order chi connectivity index (χ0) is 17.2. The number of carbonyl (C=O) groups excluding carboxylic acids is 1. The smallest absolute Gasteiger partial charge is 0.289 e. The second-order valence-electron chi connectivity index (χ2n) is 6.09. The number of furan rings is 1. The first kappa shape index (κ1) is 16.7. The highest BCUT2D eigenvalue weighted by Gasteiger charge is 2.26. The van der Waals surface area contributed by atoms with Gasteiger partial charge < -0.3 is 9.32 Å². The van der Waals surface area contributed by atoms with Gasteiger partial charge in [-0.3, -0.25) is 4.79 Å². The molecule has 6 nitrogen and oxygen atoms in total. The summed E-state index contributed by atoms with van der Waals surface area (Å²) in [6.45, 7) is 1.28. The Bertz CT molecular complexity index is 806. The van der Waals surface area contributed by atoms with E-state index in [0.717, 1.165) is 19.3 Å². The molecule has 0 unspecified atom stereocenters. The summed E-state index contributed by atoms with van der Waals surface area (Å²) in [5.74, 6) is 0.275. The van der Waals surface area contributed by atoms with Crippen LogP contribution in [0.25, 0.3) is 0 Å². The van der Waals surface area contributed by atoms with Crippen LogP contribution in [-0.2, 0) is 16.4 Å². The van der Waals surface area contributed by atoms with Crippen molar-refractivity contribution in [3.05, 3.63) is 53.8 Å². The lowest BCUT2D eigenvalue weighted by Crippen LogP contribution is -2.38. The Kier molecular flexibility index (Phi) is 4.73. The first-order valence-corrected chi connectivity index (χ1v) is 9.44. The molecule has 128 valence electrons. The Labute approximate surface area is 141 Å². The first-order valence-electron chi connectivity index (χ1n) is 7.89. The minimum atomic E-state index is -3.93. The van der Waals surface area contributed by atoms with Crippen molar-refractivity contribution in [2.24, 2.45) is 11.1 Å². The van der Waals surface area contributed by atoms with E-state index in [2.05, 4.69) is 12.1 Å². The molecule has 0 radical (unpaired) electrons. The number of primary sulfonamides is 1. The van der Waals surface area contributed by atoms with Crippen molar-refractivity contribution >= 4 is 15.9 Å². The summed E-state index contributed by atoms with van der Waals surface area (Å²) in [6, 6.07) is 12.9. The molecule has 2 aromatic rings. The van der Waals surface area contributed by atoms with Gasteiger partial charge in [-0.15, -0.1) is 0 Å². The van der Waals surface area contributed by atoms with Crippen LogP contribution in [0.4, 0.5) is 0 Å². The fourth-order valence-electron chi connectivity index (χ4n) is 3.03. The molecule has 1 aliphatic heterocycles. The monoisotopic (exact) mass is 348 g/mol. The van der Waals surface area contributed by atoms with Gasteiger partial charge in [0.05, 0.1) is 0 Å². The number of rotatable bonds is 4. The van der Waals surface area contributed by atoms with Gasteiger partial charge in [0.15, 0.2) is 5.76 Å². The van der Waals surface area contributed by atoms with E-state index in [1.807, 2.05) is 18.2 Å². The third kappa shape index (κ3) is 3.85. The summed E-state index contributed by atoms with van der Waals surface area (Å²) < 4.78 is 27.5. The zero-order valence-corrected chi connectivity index (χ0v) is 14.0. The van der Waals surface area contributed by atoms with Crippen molar-refractivity contribution in [2.45, 2.75) is 24.4 Å². The summed E-state index contributed by atoms with van der Waals surface area (Å²) in [6.07, 6.45) is 2.85. The maximum absolute atomic E-state index is 12.4. The predicted octanol–water partition coefficient (Wildman–Crippen LogP) is 2.02. The molecule has 1 saturated heterocycles. The van der Waals surface area contributed by atoms with Gasteiger partial charge in [0.1, 0.15) is 0 Å². The van der Waals surface area contributed by atoms with Crippen molar-refractivity contribution < 1.29 is 17.6 Å². The molecule has 1 amide bonds. The van der Waals surface area contributed by atoms with Gasteiger partial charge >= 0.3 is 0 Å². The fourth-order valence-corrected chi connectivity index (χ4v) is 3.50. The SMILES string of the molecule is NS(=O)(=O)c1ccc(C(=O)N2CCC(Cc3ccccc3)CC2)o1. The van der Waals surface area contributed by atoms with Crippen LogP contribution < -0.4 is 5.14 Å². The topological polar surface area (TPSA) is 93.6 Å². The van der Waals surface area contributed by atoms with Gasteiger partial charge in [-0.2, -0.15) is 0 Å². The van der Waals surface area contributed by atoms with Crippen LogP contribution in [0.1, 0.15) is 29.0 Å². The second-order valence-corrected chi connectivity index (χ2v) is 7.58. The van der Waals surface area contributed by atoms with Crippen LogP contribution in [0.5, 0.6) is 0 Å². The number of benzene rings is 1. The van der Waals surface area contributed by atoms with Crippen LogP contribution in [0.2, 0.25) is 0 Å². The molecule has 3 rings (SSSR count). The average Bonchev–Trinajstić information content (AvgIpc) is 3.06. The molecule has 1 aromatic heterocycles. The predicted molar refractivity (Wildman–Crippen MR) is 88.9 cm³/mol. The van der Waals surface area contributed by atoms with Gasteiger partial charge in [0.2, 0.25) is 5.09 Å². The van der Waals surface area contributed by atoms with E-state index >= 15 is 0 Å². The van der Waals surface area contributed by atoms with Crippen LogP contribution in [-0.4, -0.2) is 32.3 Å². The molecule has 0 aliphatic carbocycles. The molecule has 7 heteroatoms. The Balaban J connectivity index is 1.58. The quantitative estimate of drug-likeness (QED) is 0.915.